The summed E-state index contributed by atoms with van der Waals surface area (Å²) in [5, 5.41) is 11.6. The minimum absolute atomic E-state index is 0.144. The lowest BCUT2D eigenvalue weighted by molar-refractivity contribution is -0.143. The summed E-state index contributed by atoms with van der Waals surface area (Å²) in [6.45, 7) is 5.31. The number of hydrogen-bond donors (Lipinski definition) is 2. The van der Waals surface area contributed by atoms with Crippen LogP contribution in [0.3, 0.4) is 0 Å². The van der Waals surface area contributed by atoms with Crippen LogP contribution >= 0.6 is 0 Å². The Morgan fingerprint density at radius 3 is 2.11 bits per heavy atom. The third-order valence-electron chi connectivity index (χ3n) is 2.92. The fourth-order valence-corrected chi connectivity index (χ4v) is 1.68. The van der Waals surface area contributed by atoms with Gasteiger partial charge in [-0.05, 0) is 18.4 Å². The number of benzene rings is 1. The fourth-order valence-electron chi connectivity index (χ4n) is 1.68. The van der Waals surface area contributed by atoms with Crippen molar-refractivity contribution in [2.24, 2.45) is 5.92 Å². The lowest BCUT2D eigenvalue weighted by Gasteiger charge is -2.20. The van der Waals surface area contributed by atoms with Gasteiger partial charge in [0, 0.05) is 0 Å². The number of amides is 1. The van der Waals surface area contributed by atoms with E-state index in [4.69, 9.17) is 5.11 Å². The van der Waals surface area contributed by atoms with E-state index in [1.807, 2.05) is 30.3 Å². The Labute approximate surface area is 107 Å². The smallest absolute Gasteiger partial charge is 0.326 e. The standard InChI is InChI=1S/C14H19NO3/c1-9(2)12(14(17)18)15-13(16)10(3)11-7-5-4-6-8-11/h4-10,12H,1-3H3,(H,15,16)(H,17,18)/t10?,12-/m1/s1. The molecule has 2 N–H and O–H groups in total. The quantitative estimate of drug-likeness (QED) is 0.839. The van der Waals surface area contributed by atoms with Gasteiger partial charge in [0.1, 0.15) is 6.04 Å². The zero-order chi connectivity index (χ0) is 13.7. The van der Waals surface area contributed by atoms with Gasteiger partial charge < -0.3 is 10.4 Å². The van der Waals surface area contributed by atoms with Crippen LogP contribution in [0.2, 0.25) is 0 Å². The monoisotopic (exact) mass is 249 g/mol. The second-order valence-electron chi connectivity index (χ2n) is 4.70. The van der Waals surface area contributed by atoms with Crippen LogP contribution in [0.1, 0.15) is 32.3 Å². The molecule has 0 saturated carbocycles. The minimum Gasteiger partial charge on any atom is -0.480 e. The molecule has 0 radical (unpaired) electrons. The third-order valence-corrected chi connectivity index (χ3v) is 2.92. The summed E-state index contributed by atoms with van der Waals surface area (Å²) in [4.78, 5) is 23.0. The van der Waals surface area contributed by atoms with E-state index in [1.54, 1.807) is 20.8 Å². The molecule has 4 nitrogen and oxygen atoms in total. The van der Waals surface area contributed by atoms with Crippen molar-refractivity contribution in [2.45, 2.75) is 32.7 Å². The average Bonchev–Trinajstić information content (AvgIpc) is 2.35. The number of hydrogen-bond acceptors (Lipinski definition) is 2. The van der Waals surface area contributed by atoms with Crippen LogP contribution in [0.4, 0.5) is 0 Å². The highest BCUT2D eigenvalue weighted by molar-refractivity contribution is 5.87. The van der Waals surface area contributed by atoms with Gasteiger partial charge >= 0.3 is 5.97 Å². The first kappa shape index (κ1) is 14.2. The molecule has 1 amide bonds. The van der Waals surface area contributed by atoms with Gasteiger partial charge in [-0.15, -0.1) is 0 Å². The number of carboxylic acids is 1. The topological polar surface area (TPSA) is 66.4 Å². The molecule has 1 aromatic rings. The van der Waals surface area contributed by atoms with Crippen molar-refractivity contribution in [1.82, 2.24) is 5.32 Å². The maximum atomic E-state index is 12.0. The Bertz CT molecular complexity index is 414. The molecule has 0 spiro atoms. The molecule has 0 fully saturated rings. The van der Waals surface area contributed by atoms with Gasteiger partial charge in [0.15, 0.2) is 0 Å². The molecule has 1 rings (SSSR count). The van der Waals surface area contributed by atoms with Crippen molar-refractivity contribution < 1.29 is 14.7 Å². The van der Waals surface area contributed by atoms with Crippen LogP contribution in [0, 0.1) is 5.92 Å². The lowest BCUT2D eigenvalue weighted by Crippen LogP contribution is -2.45. The van der Waals surface area contributed by atoms with Crippen LogP contribution in [-0.2, 0) is 9.59 Å². The van der Waals surface area contributed by atoms with Gasteiger partial charge in [-0.25, -0.2) is 4.79 Å². The maximum absolute atomic E-state index is 12.0. The van der Waals surface area contributed by atoms with Gasteiger partial charge in [0.25, 0.3) is 0 Å². The van der Waals surface area contributed by atoms with Crippen molar-refractivity contribution in [3.63, 3.8) is 0 Å². The predicted molar refractivity (Wildman–Crippen MR) is 69.3 cm³/mol. The summed E-state index contributed by atoms with van der Waals surface area (Å²) in [6.07, 6.45) is 0. The van der Waals surface area contributed by atoms with E-state index < -0.39 is 12.0 Å². The van der Waals surface area contributed by atoms with Gasteiger partial charge in [-0.1, -0.05) is 44.2 Å². The number of carbonyl (C=O) groups excluding carboxylic acids is 1. The van der Waals surface area contributed by atoms with Crippen LogP contribution in [0.25, 0.3) is 0 Å². The first-order valence-corrected chi connectivity index (χ1v) is 6.01. The first-order valence-electron chi connectivity index (χ1n) is 6.01. The number of carboxylic acid groups (broad SMARTS) is 1. The normalized spacial score (nSPS) is 14.0. The SMILES string of the molecule is CC(C(=O)N[C@@H](C(=O)O)C(C)C)c1ccccc1. The van der Waals surface area contributed by atoms with E-state index in [0.29, 0.717) is 0 Å². The summed E-state index contributed by atoms with van der Waals surface area (Å²) in [7, 11) is 0. The summed E-state index contributed by atoms with van der Waals surface area (Å²) in [5.74, 6) is -1.76. The predicted octanol–water partition coefficient (Wildman–Crippen LogP) is 2.02. The second-order valence-corrected chi connectivity index (χ2v) is 4.70. The zero-order valence-corrected chi connectivity index (χ0v) is 10.9. The van der Waals surface area contributed by atoms with Crippen LogP contribution in [-0.4, -0.2) is 23.0 Å². The summed E-state index contributed by atoms with van der Waals surface area (Å²) in [6, 6.07) is 8.46. The highest BCUT2D eigenvalue weighted by atomic mass is 16.4. The van der Waals surface area contributed by atoms with Crippen molar-refractivity contribution in [1.29, 1.82) is 0 Å². The van der Waals surface area contributed by atoms with Crippen molar-refractivity contribution in [2.75, 3.05) is 0 Å². The molecule has 2 atom stereocenters. The number of rotatable bonds is 5. The molecule has 0 aromatic heterocycles. The number of carbonyl (C=O) groups is 2. The minimum atomic E-state index is -1.00. The van der Waals surface area contributed by atoms with Crippen molar-refractivity contribution in [3.8, 4) is 0 Å². The van der Waals surface area contributed by atoms with Crippen LogP contribution in [0.15, 0.2) is 30.3 Å². The molecule has 0 saturated heterocycles. The fraction of sp³-hybridized carbons (Fsp3) is 0.429. The highest BCUT2D eigenvalue weighted by Gasteiger charge is 2.26. The van der Waals surface area contributed by atoms with E-state index in [0.717, 1.165) is 5.56 Å². The van der Waals surface area contributed by atoms with Gasteiger partial charge in [0.05, 0.1) is 5.92 Å². The van der Waals surface area contributed by atoms with Gasteiger partial charge in [-0.3, -0.25) is 4.79 Å². The largest absolute Gasteiger partial charge is 0.480 e. The Kier molecular flexibility index (Phi) is 4.89. The Hall–Kier alpha value is -1.84. The van der Waals surface area contributed by atoms with E-state index in [2.05, 4.69) is 5.32 Å². The van der Waals surface area contributed by atoms with Crippen LogP contribution < -0.4 is 5.32 Å². The molecule has 0 aliphatic rings. The van der Waals surface area contributed by atoms with Gasteiger partial charge in [0.2, 0.25) is 5.91 Å². The van der Waals surface area contributed by atoms with Crippen molar-refractivity contribution >= 4 is 11.9 Å². The average molecular weight is 249 g/mol. The molecule has 18 heavy (non-hydrogen) atoms. The maximum Gasteiger partial charge on any atom is 0.326 e. The second kappa shape index (κ2) is 6.19. The molecule has 1 aromatic carbocycles. The molecule has 0 bridgehead atoms. The first-order chi connectivity index (χ1) is 8.43. The molecule has 1 unspecified atom stereocenters. The molecule has 0 heterocycles. The molecule has 98 valence electrons. The summed E-state index contributed by atoms with van der Waals surface area (Å²) < 4.78 is 0. The number of aliphatic carboxylic acids is 1. The Balaban J connectivity index is 2.73. The molecular formula is C14H19NO3. The highest BCUT2D eigenvalue weighted by Crippen LogP contribution is 2.15. The van der Waals surface area contributed by atoms with Crippen LogP contribution in [0.5, 0.6) is 0 Å². The zero-order valence-electron chi connectivity index (χ0n) is 10.9. The van der Waals surface area contributed by atoms with Gasteiger partial charge in [-0.2, -0.15) is 0 Å². The molecular weight excluding hydrogens is 230 g/mol. The van der Waals surface area contributed by atoms with E-state index >= 15 is 0 Å². The molecule has 0 aliphatic carbocycles. The number of nitrogens with one attached hydrogen (secondary N) is 1. The third kappa shape index (κ3) is 3.58. The van der Waals surface area contributed by atoms with E-state index in [1.165, 1.54) is 0 Å². The van der Waals surface area contributed by atoms with Crippen molar-refractivity contribution in [3.05, 3.63) is 35.9 Å². The summed E-state index contributed by atoms with van der Waals surface area (Å²) >= 11 is 0. The molecule has 4 heteroatoms. The van der Waals surface area contributed by atoms with E-state index in [9.17, 15) is 9.59 Å². The summed E-state index contributed by atoms with van der Waals surface area (Å²) in [5.41, 5.74) is 0.878. The Morgan fingerprint density at radius 2 is 1.67 bits per heavy atom. The Morgan fingerprint density at radius 1 is 1.11 bits per heavy atom. The molecule has 0 aliphatic heterocycles. The lowest BCUT2D eigenvalue weighted by atomic mass is 9.98. The van der Waals surface area contributed by atoms with E-state index in [-0.39, 0.29) is 17.7 Å².